The van der Waals surface area contributed by atoms with Crippen molar-refractivity contribution in [3.63, 3.8) is 0 Å². The van der Waals surface area contributed by atoms with Crippen LogP contribution in [0.3, 0.4) is 0 Å². The molecule has 0 spiro atoms. The van der Waals surface area contributed by atoms with E-state index in [0.29, 0.717) is 22.6 Å². The Hall–Kier alpha value is -0.940. The van der Waals surface area contributed by atoms with Gasteiger partial charge in [-0.05, 0) is 18.9 Å². The molecule has 0 saturated carbocycles. The number of hydrogen-bond donors (Lipinski definition) is 1. The van der Waals surface area contributed by atoms with Crippen molar-refractivity contribution < 1.29 is 13.7 Å². The minimum Gasteiger partial charge on any atom is -0.495 e. The minimum absolute atomic E-state index is 0.316. The van der Waals surface area contributed by atoms with Gasteiger partial charge in [-0.2, -0.15) is 0 Å². The third-order valence-corrected chi connectivity index (χ3v) is 4.90. The highest BCUT2D eigenvalue weighted by molar-refractivity contribution is 7.85. The Balaban J connectivity index is 2.15. The number of ether oxygens (including phenoxy) is 2. The summed E-state index contributed by atoms with van der Waals surface area (Å²) in [5, 5.41) is 3.96. The van der Waals surface area contributed by atoms with Gasteiger partial charge in [0, 0.05) is 34.4 Å². The average Bonchev–Trinajstić information content (AvgIpc) is 2.42. The normalized spacial score (nSPS) is 22.9. The SMILES string of the molecule is COc1cc(OC)c(NC2CCS(=O)CC2)cc1Cl. The summed E-state index contributed by atoms with van der Waals surface area (Å²) in [6, 6.07) is 3.90. The van der Waals surface area contributed by atoms with Crippen molar-refractivity contribution in [2.75, 3.05) is 31.0 Å². The van der Waals surface area contributed by atoms with Crippen LogP contribution in [0.25, 0.3) is 0 Å². The monoisotopic (exact) mass is 303 g/mol. The molecule has 1 fully saturated rings. The maximum Gasteiger partial charge on any atom is 0.145 e. The number of rotatable bonds is 4. The number of methoxy groups -OCH3 is 2. The lowest BCUT2D eigenvalue weighted by molar-refractivity contribution is 0.395. The second kappa shape index (κ2) is 6.48. The summed E-state index contributed by atoms with van der Waals surface area (Å²) < 4.78 is 21.9. The van der Waals surface area contributed by atoms with E-state index in [1.807, 2.05) is 6.07 Å². The molecule has 4 nitrogen and oxygen atoms in total. The molecule has 0 radical (unpaired) electrons. The highest BCUT2D eigenvalue weighted by Crippen LogP contribution is 2.36. The van der Waals surface area contributed by atoms with E-state index in [9.17, 15) is 4.21 Å². The maximum atomic E-state index is 11.3. The molecular formula is C13H18ClNO3S. The van der Waals surface area contributed by atoms with E-state index >= 15 is 0 Å². The van der Waals surface area contributed by atoms with Gasteiger partial charge in [-0.1, -0.05) is 11.6 Å². The first-order chi connectivity index (χ1) is 9.13. The van der Waals surface area contributed by atoms with Crippen LogP contribution in [0.2, 0.25) is 5.02 Å². The van der Waals surface area contributed by atoms with E-state index in [2.05, 4.69) is 5.32 Å². The summed E-state index contributed by atoms with van der Waals surface area (Å²) in [4.78, 5) is 0. The van der Waals surface area contributed by atoms with Crippen LogP contribution in [-0.4, -0.2) is 36.0 Å². The fraction of sp³-hybridized carbons (Fsp3) is 0.538. The van der Waals surface area contributed by atoms with Crippen molar-refractivity contribution in [1.82, 2.24) is 0 Å². The molecule has 0 bridgehead atoms. The van der Waals surface area contributed by atoms with Gasteiger partial charge in [0.1, 0.15) is 11.5 Å². The lowest BCUT2D eigenvalue weighted by atomic mass is 10.1. The summed E-state index contributed by atoms with van der Waals surface area (Å²) in [5.41, 5.74) is 0.853. The summed E-state index contributed by atoms with van der Waals surface area (Å²) in [6.07, 6.45) is 1.80. The average molecular weight is 304 g/mol. The first-order valence-corrected chi connectivity index (χ1v) is 8.03. The van der Waals surface area contributed by atoms with E-state index in [1.165, 1.54) is 0 Å². The highest BCUT2D eigenvalue weighted by atomic mass is 35.5. The van der Waals surface area contributed by atoms with Gasteiger partial charge in [0.25, 0.3) is 0 Å². The summed E-state index contributed by atoms with van der Waals surface area (Å²) in [5.74, 6) is 2.80. The largest absolute Gasteiger partial charge is 0.495 e. The zero-order chi connectivity index (χ0) is 13.8. The van der Waals surface area contributed by atoms with Gasteiger partial charge in [0.15, 0.2) is 0 Å². The topological polar surface area (TPSA) is 47.6 Å². The van der Waals surface area contributed by atoms with Gasteiger partial charge >= 0.3 is 0 Å². The third-order valence-electron chi connectivity index (χ3n) is 3.22. The Morgan fingerprint density at radius 3 is 2.42 bits per heavy atom. The molecule has 1 heterocycles. The molecule has 6 heteroatoms. The molecule has 1 N–H and O–H groups in total. The molecule has 0 amide bonds. The van der Waals surface area contributed by atoms with Gasteiger partial charge < -0.3 is 14.8 Å². The maximum absolute atomic E-state index is 11.3. The summed E-state index contributed by atoms with van der Waals surface area (Å²) >= 11 is 6.13. The highest BCUT2D eigenvalue weighted by Gasteiger charge is 2.19. The van der Waals surface area contributed by atoms with E-state index in [4.69, 9.17) is 21.1 Å². The molecule has 0 aliphatic carbocycles. The molecule has 1 aliphatic heterocycles. The summed E-state index contributed by atoms with van der Waals surface area (Å²) in [7, 11) is 2.54. The third kappa shape index (κ3) is 3.54. The van der Waals surface area contributed by atoms with E-state index in [1.54, 1.807) is 20.3 Å². The van der Waals surface area contributed by atoms with Gasteiger partial charge in [0.2, 0.25) is 0 Å². The fourth-order valence-electron chi connectivity index (χ4n) is 2.13. The first-order valence-electron chi connectivity index (χ1n) is 6.17. The van der Waals surface area contributed by atoms with Crippen LogP contribution >= 0.6 is 11.6 Å². The van der Waals surface area contributed by atoms with E-state index < -0.39 is 10.8 Å². The van der Waals surface area contributed by atoms with Crippen LogP contribution in [0.4, 0.5) is 5.69 Å². The van der Waals surface area contributed by atoms with Crippen LogP contribution in [0.5, 0.6) is 11.5 Å². The van der Waals surface area contributed by atoms with Crippen molar-refractivity contribution in [1.29, 1.82) is 0 Å². The quantitative estimate of drug-likeness (QED) is 0.929. The predicted octanol–water partition coefficient (Wildman–Crippen LogP) is 2.68. The van der Waals surface area contributed by atoms with Crippen LogP contribution in [0, 0.1) is 0 Å². The fourth-order valence-corrected chi connectivity index (χ4v) is 3.67. The molecule has 1 saturated heterocycles. The summed E-state index contributed by atoms with van der Waals surface area (Å²) in [6.45, 7) is 0. The molecule has 2 rings (SSSR count). The Morgan fingerprint density at radius 2 is 1.84 bits per heavy atom. The lowest BCUT2D eigenvalue weighted by Gasteiger charge is -2.25. The Bertz CT molecular complexity index is 471. The molecule has 0 unspecified atom stereocenters. The molecule has 0 atom stereocenters. The van der Waals surface area contributed by atoms with Gasteiger partial charge in [-0.3, -0.25) is 4.21 Å². The molecule has 1 aromatic rings. The van der Waals surface area contributed by atoms with Crippen LogP contribution in [0.1, 0.15) is 12.8 Å². The predicted molar refractivity (Wildman–Crippen MR) is 79.1 cm³/mol. The van der Waals surface area contributed by atoms with Gasteiger partial charge in [-0.25, -0.2) is 0 Å². The van der Waals surface area contributed by atoms with Crippen molar-refractivity contribution >= 4 is 28.1 Å². The second-order valence-electron chi connectivity index (χ2n) is 4.45. The zero-order valence-electron chi connectivity index (χ0n) is 11.1. The smallest absolute Gasteiger partial charge is 0.145 e. The number of anilines is 1. The second-order valence-corrected chi connectivity index (χ2v) is 6.56. The lowest BCUT2D eigenvalue weighted by Crippen LogP contribution is -2.29. The van der Waals surface area contributed by atoms with E-state index in [-0.39, 0.29) is 0 Å². The number of nitrogens with one attached hydrogen (secondary N) is 1. The Labute approximate surface area is 120 Å². The zero-order valence-corrected chi connectivity index (χ0v) is 12.6. The molecule has 106 valence electrons. The number of hydrogen-bond acceptors (Lipinski definition) is 4. The Kier molecular flexibility index (Phi) is 4.93. The van der Waals surface area contributed by atoms with Crippen molar-refractivity contribution in [2.45, 2.75) is 18.9 Å². The molecule has 1 aliphatic rings. The van der Waals surface area contributed by atoms with E-state index in [0.717, 1.165) is 30.0 Å². The standard InChI is InChI=1S/C13H18ClNO3S/c1-17-12-8-13(18-2)11(7-10(12)14)15-9-3-5-19(16)6-4-9/h7-9,15H,3-6H2,1-2H3. The molecule has 19 heavy (non-hydrogen) atoms. The Morgan fingerprint density at radius 1 is 1.21 bits per heavy atom. The minimum atomic E-state index is -0.653. The van der Waals surface area contributed by atoms with Crippen LogP contribution in [-0.2, 0) is 10.8 Å². The van der Waals surface area contributed by atoms with Crippen molar-refractivity contribution in [3.05, 3.63) is 17.2 Å². The van der Waals surface area contributed by atoms with Crippen molar-refractivity contribution in [3.8, 4) is 11.5 Å². The first kappa shape index (κ1) is 14.5. The van der Waals surface area contributed by atoms with Gasteiger partial charge in [0.05, 0.1) is 24.9 Å². The number of benzene rings is 1. The van der Waals surface area contributed by atoms with Crippen LogP contribution < -0.4 is 14.8 Å². The number of halogens is 1. The molecule has 0 aromatic heterocycles. The van der Waals surface area contributed by atoms with Gasteiger partial charge in [-0.15, -0.1) is 0 Å². The molecular weight excluding hydrogens is 286 g/mol. The van der Waals surface area contributed by atoms with Crippen LogP contribution in [0.15, 0.2) is 12.1 Å². The molecule has 1 aromatic carbocycles. The van der Waals surface area contributed by atoms with Crippen molar-refractivity contribution in [2.24, 2.45) is 0 Å².